The Labute approximate surface area is 139 Å². The Hall–Kier alpha value is -3.26. The van der Waals surface area contributed by atoms with Crippen LogP contribution >= 0.6 is 0 Å². The molecule has 1 heterocycles. The predicted molar refractivity (Wildman–Crippen MR) is 103 cm³/mol. The molecule has 0 saturated carbocycles. The fourth-order valence-corrected chi connectivity index (χ4v) is 3.71. The minimum atomic E-state index is 0.822. The molecule has 0 radical (unpaired) electrons. The normalized spacial score (nSPS) is 11.5. The molecule has 0 bridgehead atoms. The second-order valence-corrected chi connectivity index (χ2v) is 6.09. The number of rotatable bonds is 1. The quantitative estimate of drug-likeness (QED) is 0.406. The highest BCUT2D eigenvalue weighted by molar-refractivity contribution is 6.15. The molecule has 0 aliphatic heterocycles. The first-order valence-electron chi connectivity index (χ1n) is 8.10. The molecule has 0 saturated heterocycles. The van der Waals surface area contributed by atoms with Gasteiger partial charge in [0.2, 0.25) is 0 Å². The number of nitrogens with two attached hydrogens (primary N) is 1. The minimum absolute atomic E-state index is 0.822. The molecule has 0 spiro atoms. The maximum Gasteiger partial charge on any atom is 0.0562 e. The van der Waals surface area contributed by atoms with E-state index in [0.717, 1.165) is 16.6 Å². The van der Waals surface area contributed by atoms with E-state index in [-0.39, 0.29) is 0 Å². The van der Waals surface area contributed by atoms with Crippen LogP contribution < -0.4 is 5.73 Å². The van der Waals surface area contributed by atoms with Crippen molar-refractivity contribution >= 4 is 38.3 Å². The van der Waals surface area contributed by atoms with E-state index in [0.29, 0.717) is 0 Å². The van der Waals surface area contributed by atoms with Crippen LogP contribution in [0.15, 0.2) is 84.9 Å². The summed E-state index contributed by atoms with van der Waals surface area (Å²) in [7, 11) is 0. The van der Waals surface area contributed by atoms with Crippen molar-refractivity contribution < 1.29 is 0 Å². The van der Waals surface area contributed by atoms with Gasteiger partial charge in [0.15, 0.2) is 0 Å². The third kappa shape index (κ3) is 1.71. The van der Waals surface area contributed by atoms with Crippen molar-refractivity contribution in [2.75, 3.05) is 5.73 Å². The largest absolute Gasteiger partial charge is 0.398 e. The number of benzene rings is 4. The highest BCUT2D eigenvalue weighted by Crippen LogP contribution is 2.36. The minimum Gasteiger partial charge on any atom is -0.398 e. The van der Waals surface area contributed by atoms with Crippen LogP contribution in [0.2, 0.25) is 0 Å². The standard InChI is InChI=1S/C22H16N2/c23-18-11-6-14-21-22(18)17-10-3-4-12-20(17)24(21)19-13-5-8-15-7-1-2-9-16(15)19/h1-14H,23H2. The van der Waals surface area contributed by atoms with Crippen LogP contribution in [0.5, 0.6) is 0 Å². The summed E-state index contributed by atoms with van der Waals surface area (Å²) < 4.78 is 2.32. The lowest BCUT2D eigenvalue weighted by molar-refractivity contribution is 1.20. The number of hydrogen-bond acceptors (Lipinski definition) is 1. The zero-order chi connectivity index (χ0) is 16.1. The highest BCUT2D eigenvalue weighted by Gasteiger charge is 2.14. The zero-order valence-corrected chi connectivity index (χ0v) is 13.1. The van der Waals surface area contributed by atoms with Crippen molar-refractivity contribution in [3.8, 4) is 5.69 Å². The molecule has 0 amide bonds. The van der Waals surface area contributed by atoms with Crippen LogP contribution in [0.3, 0.4) is 0 Å². The van der Waals surface area contributed by atoms with Gasteiger partial charge in [-0.25, -0.2) is 0 Å². The molecular weight excluding hydrogens is 292 g/mol. The number of nitrogens with zero attached hydrogens (tertiary/aromatic N) is 1. The van der Waals surface area contributed by atoms with E-state index in [9.17, 15) is 0 Å². The van der Waals surface area contributed by atoms with Crippen LogP contribution in [-0.2, 0) is 0 Å². The summed E-state index contributed by atoms with van der Waals surface area (Å²) in [4.78, 5) is 0. The Kier molecular flexibility index (Phi) is 2.68. The summed E-state index contributed by atoms with van der Waals surface area (Å²) in [6, 6.07) is 29.6. The molecule has 0 atom stereocenters. The van der Waals surface area contributed by atoms with Gasteiger partial charge in [-0.15, -0.1) is 0 Å². The van der Waals surface area contributed by atoms with Crippen LogP contribution in [-0.4, -0.2) is 4.57 Å². The number of hydrogen-bond donors (Lipinski definition) is 1. The van der Waals surface area contributed by atoms with Gasteiger partial charge in [0.25, 0.3) is 0 Å². The number of nitrogen functional groups attached to an aromatic ring is 1. The second kappa shape index (κ2) is 4.87. The molecule has 24 heavy (non-hydrogen) atoms. The monoisotopic (exact) mass is 308 g/mol. The van der Waals surface area contributed by atoms with E-state index in [4.69, 9.17) is 5.73 Å². The molecule has 2 N–H and O–H groups in total. The molecule has 0 aliphatic rings. The van der Waals surface area contributed by atoms with E-state index in [1.807, 2.05) is 12.1 Å². The predicted octanol–water partition coefficient (Wildman–Crippen LogP) is 5.52. The summed E-state index contributed by atoms with van der Waals surface area (Å²) in [5, 5.41) is 4.80. The van der Waals surface area contributed by atoms with Crippen LogP contribution in [0.25, 0.3) is 38.3 Å². The van der Waals surface area contributed by atoms with E-state index < -0.39 is 0 Å². The molecule has 4 aromatic carbocycles. The van der Waals surface area contributed by atoms with Gasteiger partial charge in [-0.2, -0.15) is 0 Å². The van der Waals surface area contributed by atoms with E-state index in [1.165, 1.54) is 27.4 Å². The van der Waals surface area contributed by atoms with Crippen molar-refractivity contribution in [2.45, 2.75) is 0 Å². The molecule has 1 aromatic heterocycles. The van der Waals surface area contributed by atoms with Crippen molar-refractivity contribution in [1.29, 1.82) is 0 Å². The van der Waals surface area contributed by atoms with Crippen molar-refractivity contribution in [1.82, 2.24) is 4.57 Å². The molecule has 114 valence electrons. The number of aromatic nitrogens is 1. The summed E-state index contributed by atoms with van der Waals surface area (Å²) in [6.07, 6.45) is 0. The Bertz CT molecular complexity index is 1210. The maximum absolute atomic E-state index is 6.31. The first-order valence-corrected chi connectivity index (χ1v) is 8.10. The Balaban J connectivity index is 2.04. The molecule has 2 nitrogen and oxygen atoms in total. The lowest BCUT2D eigenvalue weighted by atomic mass is 10.1. The van der Waals surface area contributed by atoms with Gasteiger partial charge in [-0.05, 0) is 29.7 Å². The molecule has 0 fully saturated rings. The van der Waals surface area contributed by atoms with Crippen molar-refractivity contribution in [3.05, 3.63) is 84.9 Å². The van der Waals surface area contributed by atoms with E-state index in [1.54, 1.807) is 0 Å². The maximum atomic E-state index is 6.31. The Morgan fingerprint density at radius 2 is 1.25 bits per heavy atom. The van der Waals surface area contributed by atoms with E-state index >= 15 is 0 Å². The Morgan fingerprint density at radius 1 is 0.583 bits per heavy atom. The average Bonchev–Trinajstić information content (AvgIpc) is 2.97. The first-order chi connectivity index (χ1) is 11.8. The highest BCUT2D eigenvalue weighted by atomic mass is 15.0. The third-order valence-electron chi connectivity index (χ3n) is 4.74. The molecule has 5 rings (SSSR count). The van der Waals surface area contributed by atoms with Crippen LogP contribution in [0.4, 0.5) is 5.69 Å². The molecule has 5 aromatic rings. The summed E-state index contributed by atoms with van der Waals surface area (Å²) in [5.41, 5.74) is 10.6. The summed E-state index contributed by atoms with van der Waals surface area (Å²) >= 11 is 0. The SMILES string of the molecule is Nc1cccc2c1c1ccccc1n2-c1cccc2ccccc12. The first kappa shape index (κ1) is 13.2. The van der Waals surface area contributed by atoms with Crippen molar-refractivity contribution in [3.63, 3.8) is 0 Å². The summed E-state index contributed by atoms with van der Waals surface area (Å²) in [6.45, 7) is 0. The van der Waals surface area contributed by atoms with Gasteiger partial charge in [0.05, 0.1) is 16.7 Å². The van der Waals surface area contributed by atoms with Gasteiger partial charge in [0, 0.05) is 21.8 Å². The molecular formula is C22H16N2. The van der Waals surface area contributed by atoms with Gasteiger partial charge in [0.1, 0.15) is 0 Å². The zero-order valence-electron chi connectivity index (χ0n) is 13.1. The number of para-hydroxylation sites is 1. The van der Waals surface area contributed by atoms with Gasteiger partial charge in [-0.3, -0.25) is 0 Å². The van der Waals surface area contributed by atoms with Gasteiger partial charge in [-0.1, -0.05) is 60.7 Å². The molecule has 0 unspecified atom stereocenters. The molecule has 2 heteroatoms. The topological polar surface area (TPSA) is 30.9 Å². The van der Waals surface area contributed by atoms with Gasteiger partial charge >= 0.3 is 0 Å². The smallest absolute Gasteiger partial charge is 0.0562 e. The number of fused-ring (bicyclic) bond motifs is 4. The lowest BCUT2D eigenvalue weighted by Gasteiger charge is -2.11. The Morgan fingerprint density at radius 3 is 2.17 bits per heavy atom. The number of anilines is 1. The van der Waals surface area contributed by atoms with Crippen LogP contribution in [0.1, 0.15) is 0 Å². The van der Waals surface area contributed by atoms with Crippen LogP contribution in [0, 0.1) is 0 Å². The molecule has 0 aliphatic carbocycles. The van der Waals surface area contributed by atoms with Gasteiger partial charge < -0.3 is 10.3 Å². The third-order valence-corrected chi connectivity index (χ3v) is 4.74. The summed E-state index contributed by atoms with van der Waals surface area (Å²) in [5.74, 6) is 0. The van der Waals surface area contributed by atoms with E-state index in [2.05, 4.69) is 77.4 Å². The fourth-order valence-electron chi connectivity index (χ4n) is 3.71. The average molecular weight is 308 g/mol. The second-order valence-electron chi connectivity index (χ2n) is 6.09. The fraction of sp³-hybridized carbons (Fsp3) is 0. The lowest BCUT2D eigenvalue weighted by Crippen LogP contribution is -1.95. The van der Waals surface area contributed by atoms with Crippen molar-refractivity contribution in [2.24, 2.45) is 0 Å².